The Kier molecular flexibility index (Phi) is 3.99. The molecular formula is C13H18BrN5. The van der Waals surface area contributed by atoms with Gasteiger partial charge in [-0.2, -0.15) is 0 Å². The number of hydrogen-bond acceptors (Lipinski definition) is 4. The van der Waals surface area contributed by atoms with Gasteiger partial charge in [0.2, 0.25) is 0 Å². The molecular weight excluding hydrogens is 306 g/mol. The van der Waals surface area contributed by atoms with Gasteiger partial charge in [-0.15, -0.1) is 5.10 Å². The molecule has 0 unspecified atom stereocenters. The van der Waals surface area contributed by atoms with E-state index in [1.165, 1.54) is 0 Å². The van der Waals surface area contributed by atoms with Crippen molar-refractivity contribution >= 4 is 15.9 Å². The van der Waals surface area contributed by atoms with E-state index in [0.717, 1.165) is 34.8 Å². The molecule has 0 fully saturated rings. The number of aromatic nitrogens is 5. The first kappa shape index (κ1) is 14.1. The summed E-state index contributed by atoms with van der Waals surface area (Å²) >= 11 is 3.45. The largest absolute Gasteiger partial charge is 0.243 e. The fraction of sp³-hybridized carbons (Fsp3) is 0.538. The smallest absolute Gasteiger partial charge is 0.135 e. The fourth-order valence-corrected chi connectivity index (χ4v) is 2.10. The molecule has 0 amide bonds. The van der Waals surface area contributed by atoms with Crippen LogP contribution < -0.4 is 0 Å². The van der Waals surface area contributed by atoms with E-state index in [4.69, 9.17) is 0 Å². The van der Waals surface area contributed by atoms with E-state index < -0.39 is 0 Å². The van der Waals surface area contributed by atoms with Crippen LogP contribution in [0.25, 0.3) is 11.4 Å². The lowest BCUT2D eigenvalue weighted by Crippen LogP contribution is -2.17. The van der Waals surface area contributed by atoms with E-state index in [1.54, 1.807) is 6.20 Å². The predicted octanol–water partition coefficient (Wildman–Crippen LogP) is 3.21. The maximum atomic E-state index is 4.65. The maximum absolute atomic E-state index is 4.65. The van der Waals surface area contributed by atoms with E-state index >= 15 is 0 Å². The summed E-state index contributed by atoms with van der Waals surface area (Å²) in [4.78, 5) is 9.09. The highest BCUT2D eigenvalue weighted by Gasteiger charge is 2.20. The molecule has 5 nitrogen and oxygen atoms in total. The van der Waals surface area contributed by atoms with Crippen LogP contribution in [0.5, 0.6) is 0 Å². The summed E-state index contributed by atoms with van der Waals surface area (Å²) in [5.74, 6) is 0.807. The molecule has 0 spiro atoms. The summed E-state index contributed by atoms with van der Waals surface area (Å²) in [6.07, 6.45) is 2.76. The maximum Gasteiger partial charge on any atom is 0.135 e. The van der Waals surface area contributed by atoms with Crippen molar-refractivity contribution in [3.63, 3.8) is 0 Å². The van der Waals surface area contributed by atoms with Crippen LogP contribution in [0.15, 0.2) is 16.9 Å². The van der Waals surface area contributed by atoms with E-state index in [-0.39, 0.29) is 5.41 Å². The zero-order chi connectivity index (χ0) is 14.0. The first-order chi connectivity index (χ1) is 8.91. The minimum atomic E-state index is -0.0957. The number of halogens is 1. The molecule has 0 N–H and O–H groups in total. The molecule has 0 aromatic carbocycles. The average Bonchev–Trinajstić information content (AvgIpc) is 2.76. The summed E-state index contributed by atoms with van der Waals surface area (Å²) in [5, 5.41) is 8.07. The number of aryl methyl sites for hydroxylation is 1. The predicted molar refractivity (Wildman–Crippen MR) is 77.7 cm³/mol. The third-order valence-electron chi connectivity index (χ3n) is 2.68. The Morgan fingerprint density at radius 3 is 2.63 bits per heavy atom. The molecule has 0 bridgehead atoms. The summed E-state index contributed by atoms with van der Waals surface area (Å²) in [6, 6.07) is 1.90. The Morgan fingerprint density at radius 1 is 1.26 bits per heavy atom. The molecule has 2 heterocycles. The van der Waals surface area contributed by atoms with Gasteiger partial charge in [0.05, 0.1) is 11.9 Å². The van der Waals surface area contributed by atoms with Gasteiger partial charge in [0.25, 0.3) is 0 Å². The zero-order valence-electron chi connectivity index (χ0n) is 11.7. The summed E-state index contributed by atoms with van der Waals surface area (Å²) in [7, 11) is 0. The van der Waals surface area contributed by atoms with Crippen molar-refractivity contribution in [3.05, 3.63) is 22.7 Å². The van der Waals surface area contributed by atoms with Crippen LogP contribution in [0.1, 0.15) is 39.9 Å². The third-order valence-corrected chi connectivity index (χ3v) is 3.09. The lowest BCUT2D eigenvalue weighted by molar-refractivity contribution is 0.542. The topological polar surface area (TPSA) is 56.5 Å². The van der Waals surface area contributed by atoms with Gasteiger partial charge in [-0.25, -0.2) is 14.6 Å². The van der Waals surface area contributed by atoms with Gasteiger partial charge in [0, 0.05) is 12.0 Å². The van der Waals surface area contributed by atoms with Gasteiger partial charge >= 0.3 is 0 Å². The minimum absolute atomic E-state index is 0.0957. The van der Waals surface area contributed by atoms with Crippen molar-refractivity contribution in [2.24, 2.45) is 0 Å². The molecule has 0 saturated heterocycles. The van der Waals surface area contributed by atoms with Crippen molar-refractivity contribution in [3.8, 4) is 11.4 Å². The number of hydrogen-bond donors (Lipinski definition) is 0. The van der Waals surface area contributed by atoms with Crippen LogP contribution in [0, 0.1) is 0 Å². The molecule has 6 heteroatoms. The van der Waals surface area contributed by atoms with Crippen molar-refractivity contribution in [1.29, 1.82) is 0 Å². The highest BCUT2D eigenvalue weighted by molar-refractivity contribution is 9.10. The van der Waals surface area contributed by atoms with Gasteiger partial charge in [-0.3, -0.25) is 0 Å². The quantitative estimate of drug-likeness (QED) is 0.814. The molecule has 19 heavy (non-hydrogen) atoms. The van der Waals surface area contributed by atoms with Gasteiger partial charge < -0.3 is 0 Å². The summed E-state index contributed by atoms with van der Waals surface area (Å²) in [6.45, 7) is 9.24. The van der Waals surface area contributed by atoms with Crippen LogP contribution >= 0.6 is 15.9 Å². The Labute approximate surface area is 121 Å². The van der Waals surface area contributed by atoms with Crippen molar-refractivity contribution in [2.75, 3.05) is 0 Å². The molecule has 0 radical (unpaired) electrons. The zero-order valence-corrected chi connectivity index (χ0v) is 13.3. The fourth-order valence-electron chi connectivity index (χ4n) is 1.72. The van der Waals surface area contributed by atoms with Crippen LogP contribution in [0.4, 0.5) is 0 Å². The number of rotatable bonds is 3. The van der Waals surface area contributed by atoms with Gasteiger partial charge in [0.15, 0.2) is 0 Å². The Bertz CT molecular complexity index is 571. The molecule has 0 saturated carbocycles. The summed E-state index contributed by atoms with van der Waals surface area (Å²) < 4.78 is 2.66. The highest BCUT2D eigenvalue weighted by atomic mass is 79.9. The monoisotopic (exact) mass is 323 g/mol. The van der Waals surface area contributed by atoms with Crippen molar-refractivity contribution in [1.82, 2.24) is 25.0 Å². The Balaban J connectivity index is 2.50. The van der Waals surface area contributed by atoms with Gasteiger partial charge in [-0.1, -0.05) is 32.9 Å². The minimum Gasteiger partial charge on any atom is -0.243 e. The van der Waals surface area contributed by atoms with E-state index in [0.29, 0.717) is 0 Å². The molecule has 0 aliphatic carbocycles. The van der Waals surface area contributed by atoms with E-state index in [2.05, 4.69) is 63.9 Å². The Hall–Kier alpha value is -1.30. The highest BCUT2D eigenvalue weighted by Crippen LogP contribution is 2.25. The molecule has 0 aliphatic heterocycles. The van der Waals surface area contributed by atoms with Crippen LogP contribution in [0.2, 0.25) is 0 Å². The standard InChI is InChI=1S/C13H18BrN5/c1-5-6-19-10(8-15-18-19)9-7-11(14)17-12(16-9)13(2,3)4/h7-8H,5-6H2,1-4H3. The lowest BCUT2D eigenvalue weighted by atomic mass is 9.95. The third kappa shape index (κ3) is 3.18. The van der Waals surface area contributed by atoms with Crippen LogP contribution in [-0.4, -0.2) is 25.0 Å². The molecule has 2 aromatic rings. The van der Waals surface area contributed by atoms with Gasteiger partial charge in [0.1, 0.15) is 16.1 Å². The second-order valence-corrected chi connectivity index (χ2v) is 6.30. The first-order valence-electron chi connectivity index (χ1n) is 6.35. The Morgan fingerprint density at radius 2 is 2.00 bits per heavy atom. The lowest BCUT2D eigenvalue weighted by Gasteiger charge is -2.17. The number of nitrogens with zero attached hydrogens (tertiary/aromatic N) is 5. The van der Waals surface area contributed by atoms with Gasteiger partial charge in [-0.05, 0) is 28.4 Å². The van der Waals surface area contributed by atoms with E-state index in [1.807, 2.05) is 10.7 Å². The SMILES string of the molecule is CCCn1nncc1-c1cc(Br)nc(C(C)(C)C)n1. The molecule has 0 aliphatic rings. The second-order valence-electron chi connectivity index (χ2n) is 5.49. The first-order valence-corrected chi connectivity index (χ1v) is 7.15. The average molecular weight is 324 g/mol. The van der Waals surface area contributed by atoms with Crippen molar-refractivity contribution in [2.45, 2.75) is 46.1 Å². The van der Waals surface area contributed by atoms with Crippen LogP contribution in [0.3, 0.4) is 0 Å². The normalized spacial score (nSPS) is 11.8. The van der Waals surface area contributed by atoms with E-state index in [9.17, 15) is 0 Å². The second kappa shape index (κ2) is 5.36. The molecule has 2 aromatic heterocycles. The van der Waals surface area contributed by atoms with Crippen LogP contribution in [-0.2, 0) is 12.0 Å². The molecule has 0 atom stereocenters. The molecule has 102 valence electrons. The van der Waals surface area contributed by atoms with Crippen molar-refractivity contribution < 1.29 is 0 Å². The molecule has 2 rings (SSSR count). The summed E-state index contributed by atoms with van der Waals surface area (Å²) in [5.41, 5.74) is 1.68.